The van der Waals surface area contributed by atoms with Crippen LogP contribution in [0, 0.1) is 0 Å². The summed E-state index contributed by atoms with van der Waals surface area (Å²) in [5.41, 5.74) is 2.47. The monoisotopic (exact) mass is 374 g/mol. The number of carbonyl (C=O) groups excluding carboxylic acids is 2. The Hall–Kier alpha value is -3.38. The van der Waals surface area contributed by atoms with Crippen molar-refractivity contribution in [2.45, 2.75) is 0 Å². The van der Waals surface area contributed by atoms with E-state index < -0.39 is 0 Å². The molecule has 0 aromatic heterocycles. The minimum atomic E-state index is -0.354. The van der Waals surface area contributed by atoms with E-state index in [-0.39, 0.29) is 17.6 Å². The lowest BCUT2D eigenvalue weighted by molar-refractivity contribution is 0.0893. The molecule has 1 N–H and O–H groups in total. The fraction of sp³-hybridized carbons (Fsp3) is 0.182. The van der Waals surface area contributed by atoms with Crippen LogP contribution in [0.3, 0.4) is 0 Å². The molecule has 2 aliphatic rings. The summed E-state index contributed by atoms with van der Waals surface area (Å²) >= 11 is 0. The zero-order valence-electron chi connectivity index (χ0n) is 15.1. The topological polar surface area (TPSA) is 70.1 Å². The lowest BCUT2D eigenvalue weighted by Crippen LogP contribution is -2.41. The number of hydrogen-bond acceptors (Lipinski definition) is 5. The van der Waals surface area contributed by atoms with Gasteiger partial charge in [-0.25, -0.2) is 4.90 Å². The Morgan fingerprint density at radius 2 is 1.50 bits per heavy atom. The molecule has 140 valence electrons. The SMILES string of the molecule is O=C1c2cccc3c(N4CCOCC4)ccc(c23)C(=O)N1c1ccc(O)cc1. The Morgan fingerprint density at radius 1 is 0.821 bits per heavy atom. The van der Waals surface area contributed by atoms with Crippen molar-refractivity contribution in [3.05, 3.63) is 65.7 Å². The van der Waals surface area contributed by atoms with Gasteiger partial charge in [0.05, 0.1) is 18.9 Å². The molecule has 2 amide bonds. The molecule has 0 atom stereocenters. The van der Waals surface area contributed by atoms with E-state index in [9.17, 15) is 14.7 Å². The van der Waals surface area contributed by atoms with E-state index in [1.807, 2.05) is 18.2 Å². The van der Waals surface area contributed by atoms with Crippen molar-refractivity contribution < 1.29 is 19.4 Å². The fourth-order valence-corrected chi connectivity index (χ4v) is 4.00. The maximum absolute atomic E-state index is 13.2. The molecule has 0 aliphatic carbocycles. The summed E-state index contributed by atoms with van der Waals surface area (Å²) in [5, 5.41) is 11.1. The van der Waals surface area contributed by atoms with Crippen LogP contribution < -0.4 is 9.80 Å². The molecule has 3 aromatic carbocycles. The van der Waals surface area contributed by atoms with Crippen molar-refractivity contribution in [3.63, 3.8) is 0 Å². The number of phenolic OH excluding ortho intramolecular Hbond substituents is 1. The summed E-state index contributed by atoms with van der Waals surface area (Å²) in [6.45, 7) is 2.88. The Labute approximate surface area is 161 Å². The van der Waals surface area contributed by atoms with Gasteiger partial charge in [-0.2, -0.15) is 0 Å². The Bertz CT molecular complexity index is 1080. The lowest BCUT2D eigenvalue weighted by atomic mass is 9.92. The maximum Gasteiger partial charge on any atom is 0.265 e. The van der Waals surface area contributed by atoms with Crippen molar-refractivity contribution >= 4 is 34.0 Å². The van der Waals surface area contributed by atoms with E-state index in [1.165, 1.54) is 17.0 Å². The summed E-state index contributed by atoms with van der Waals surface area (Å²) in [6.07, 6.45) is 0. The molecule has 0 radical (unpaired) electrons. The van der Waals surface area contributed by atoms with Crippen molar-refractivity contribution in [1.29, 1.82) is 0 Å². The molecule has 1 fully saturated rings. The number of imide groups is 1. The number of amides is 2. The Kier molecular flexibility index (Phi) is 3.80. The quantitative estimate of drug-likeness (QED) is 0.698. The van der Waals surface area contributed by atoms with Gasteiger partial charge in [-0.05, 0) is 42.5 Å². The highest BCUT2D eigenvalue weighted by Gasteiger charge is 2.34. The zero-order valence-corrected chi connectivity index (χ0v) is 15.1. The van der Waals surface area contributed by atoms with Gasteiger partial charge in [-0.3, -0.25) is 9.59 Å². The number of ether oxygens (including phenoxy) is 1. The van der Waals surface area contributed by atoms with Gasteiger partial charge in [0, 0.05) is 40.7 Å². The van der Waals surface area contributed by atoms with Crippen LogP contribution in [0.5, 0.6) is 5.75 Å². The van der Waals surface area contributed by atoms with Gasteiger partial charge < -0.3 is 14.7 Å². The molecular formula is C22H18N2O4. The molecule has 28 heavy (non-hydrogen) atoms. The number of morpholine rings is 1. The van der Waals surface area contributed by atoms with Crippen LogP contribution in [0.1, 0.15) is 20.7 Å². The van der Waals surface area contributed by atoms with E-state index in [2.05, 4.69) is 4.90 Å². The summed E-state index contributed by atoms with van der Waals surface area (Å²) in [7, 11) is 0. The van der Waals surface area contributed by atoms with Gasteiger partial charge in [-0.15, -0.1) is 0 Å². The molecule has 0 unspecified atom stereocenters. The van der Waals surface area contributed by atoms with Crippen LogP contribution in [0.25, 0.3) is 10.8 Å². The highest BCUT2D eigenvalue weighted by molar-refractivity contribution is 6.36. The Morgan fingerprint density at radius 3 is 2.21 bits per heavy atom. The smallest absolute Gasteiger partial charge is 0.265 e. The second-order valence-electron chi connectivity index (χ2n) is 6.92. The number of phenols is 1. The summed E-state index contributed by atoms with van der Waals surface area (Å²) in [4.78, 5) is 29.8. The average molecular weight is 374 g/mol. The fourth-order valence-electron chi connectivity index (χ4n) is 4.00. The van der Waals surface area contributed by atoms with Gasteiger partial charge in [0.2, 0.25) is 0 Å². The number of hydrogen-bond donors (Lipinski definition) is 1. The molecule has 0 saturated carbocycles. The molecule has 6 nitrogen and oxygen atoms in total. The minimum absolute atomic E-state index is 0.0818. The third-order valence-electron chi connectivity index (χ3n) is 5.34. The number of benzene rings is 3. The molecule has 0 bridgehead atoms. The van der Waals surface area contributed by atoms with Crippen LogP contribution in [-0.4, -0.2) is 43.2 Å². The van der Waals surface area contributed by atoms with Gasteiger partial charge in [0.15, 0.2) is 0 Å². The number of aromatic hydroxyl groups is 1. The first-order valence-corrected chi connectivity index (χ1v) is 9.21. The predicted octanol–water partition coefficient (Wildman–Crippen LogP) is 3.18. The zero-order chi connectivity index (χ0) is 19.3. The largest absolute Gasteiger partial charge is 0.508 e. The van der Waals surface area contributed by atoms with E-state index in [0.717, 1.165) is 24.2 Å². The number of anilines is 2. The van der Waals surface area contributed by atoms with Crippen LogP contribution in [0.2, 0.25) is 0 Å². The van der Waals surface area contributed by atoms with E-state index >= 15 is 0 Å². The number of rotatable bonds is 2. The molecule has 3 aromatic rings. The second-order valence-corrected chi connectivity index (χ2v) is 6.92. The highest BCUT2D eigenvalue weighted by Crippen LogP contribution is 2.37. The third kappa shape index (κ3) is 2.46. The van der Waals surface area contributed by atoms with Crippen molar-refractivity contribution in [3.8, 4) is 5.75 Å². The standard InChI is InChI=1S/C22H18N2O4/c25-15-6-4-14(5-7-15)24-21(26)17-3-1-2-16-19(23-10-12-28-13-11-23)9-8-18(20(16)17)22(24)27/h1-9,25H,10-13H2. The van der Waals surface area contributed by atoms with Crippen molar-refractivity contribution in [2.24, 2.45) is 0 Å². The van der Waals surface area contributed by atoms with Crippen LogP contribution in [0.15, 0.2) is 54.6 Å². The first-order chi connectivity index (χ1) is 13.6. The molecule has 1 saturated heterocycles. The highest BCUT2D eigenvalue weighted by atomic mass is 16.5. The van der Waals surface area contributed by atoms with E-state index in [1.54, 1.807) is 24.3 Å². The summed E-state index contributed by atoms with van der Waals surface area (Å²) < 4.78 is 5.44. The number of nitrogens with zero attached hydrogens (tertiary/aromatic N) is 2. The van der Waals surface area contributed by atoms with Crippen molar-refractivity contribution in [1.82, 2.24) is 0 Å². The maximum atomic E-state index is 13.2. The van der Waals surface area contributed by atoms with E-state index in [4.69, 9.17) is 4.74 Å². The Balaban J connectivity index is 1.68. The predicted molar refractivity (Wildman–Crippen MR) is 106 cm³/mol. The van der Waals surface area contributed by atoms with Gasteiger partial charge >= 0.3 is 0 Å². The first-order valence-electron chi connectivity index (χ1n) is 9.21. The van der Waals surface area contributed by atoms with E-state index in [0.29, 0.717) is 35.4 Å². The molecule has 6 heteroatoms. The molecule has 2 aliphatic heterocycles. The molecule has 0 spiro atoms. The second kappa shape index (κ2) is 6.35. The van der Waals surface area contributed by atoms with Gasteiger partial charge in [0.1, 0.15) is 5.75 Å². The van der Waals surface area contributed by atoms with Crippen LogP contribution >= 0.6 is 0 Å². The van der Waals surface area contributed by atoms with Gasteiger partial charge in [0.25, 0.3) is 11.8 Å². The third-order valence-corrected chi connectivity index (χ3v) is 5.34. The summed E-state index contributed by atoms with van der Waals surface area (Å²) in [6, 6.07) is 15.4. The molecular weight excluding hydrogens is 356 g/mol. The van der Waals surface area contributed by atoms with Crippen molar-refractivity contribution in [2.75, 3.05) is 36.1 Å². The minimum Gasteiger partial charge on any atom is -0.508 e. The normalized spacial score (nSPS) is 16.7. The average Bonchev–Trinajstić information content (AvgIpc) is 2.73. The van der Waals surface area contributed by atoms with Crippen LogP contribution in [0.4, 0.5) is 11.4 Å². The molecule has 5 rings (SSSR count). The lowest BCUT2D eigenvalue weighted by Gasteiger charge is -2.32. The molecule has 2 heterocycles. The van der Waals surface area contributed by atoms with Gasteiger partial charge in [-0.1, -0.05) is 12.1 Å². The summed E-state index contributed by atoms with van der Waals surface area (Å²) in [5.74, 6) is -0.626. The first kappa shape index (κ1) is 16.8. The van der Waals surface area contributed by atoms with Crippen LogP contribution in [-0.2, 0) is 4.74 Å². The number of carbonyl (C=O) groups is 2.